The van der Waals surface area contributed by atoms with Crippen LogP contribution in [0, 0.1) is 0 Å². The first-order valence-electron chi connectivity index (χ1n) is 11.2. The van der Waals surface area contributed by atoms with Crippen LogP contribution >= 0.6 is 8.60 Å². The minimum Gasteiger partial charge on any atom is -0.490 e. The number of nitrogens with one attached hydrogen (secondary N) is 1. The van der Waals surface area contributed by atoms with Crippen molar-refractivity contribution in [1.29, 1.82) is 0 Å². The van der Waals surface area contributed by atoms with Crippen molar-refractivity contribution in [2.24, 2.45) is 0 Å². The average molecular weight is 492 g/mol. The number of likely N-dealkylation sites (N-methyl/N-ethyl adjacent to an activating group) is 2. The number of hydrogen-bond acceptors (Lipinski definition) is 7. The normalized spacial score (nSPS) is 19.4. The van der Waals surface area contributed by atoms with Crippen LogP contribution in [0.15, 0.2) is 42.5 Å². The molecule has 1 fully saturated rings. The maximum atomic E-state index is 12.6. The SMILES string of the molecule is CC(C)NCC(COc1cccc2ccccc12)OP1O[C@@H](C(=O)N(C)C)[C@H](C(=O)N(C)C)O1. The first-order valence-corrected chi connectivity index (χ1v) is 12.3. The Hall–Kier alpha value is -2.29. The van der Waals surface area contributed by atoms with Gasteiger partial charge in [0, 0.05) is 46.2 Å². The van der Waals surface area contributed by atoms with Gasteiger partial charge in [-0.2, -0.15) is 0 Å². The van der Waals surface area contributed by atoms with E-state index in [4.69, 9.17) is 18.3 Å². The van der Waals surface area contributed by atoms with Gasteiger partial charge in [0.05, 0.1) is 0 Å². The van der Waals surface area contributed by atoms with Crippen LogP contribution in [0.4, 0.5) is 0 Å². The van der Waals surface area contributed by atoms with Gasteiger partial charge >= 0.3 is 8.60 Å². The molecule has 10 heteroatoms. The lowest BCUT2D eigenvalue weighted by Crippen LogP contribution is -2.47. The molecule has 186 valence electrons. The maximum Gasteiger partial charge on any atom is 0.334 e. The van der Waals surface area contributed by atoms with Gasteiger partial charge < -0.3 is 24.4 Å². The molecule has 0 aromatic heterocycles. The van der Waals surface area contributed by atoms with E-state index in [2.05, 4.69) is 5.32 Å². The molecule has 0 radical (unpaired) electrons. The highest BCUT2D eigenvalue weighted by atomic mass is 31.2. The fourth-order valence-electron chi connectivity index (χ4n) is 3.35. The summed E-state index contributed by atoms with van der Waals surface area (Å²) in [6, 6.07) is 14.1. The van der Waals surface area contributed by atoms with Crippen LogP contribution in [-0.2, 0) is 23.2 Å². The monoisotopic (exact) mass is 491 g/mol. The number of nitrogens with zero attached hydrogens (tertiary/aromatic N) is 2. The lowest BCUT2D eigenvalue weighted by atomic mass is 10.1. The first-order chi connectivity index (χ1) is 16.2. The summed E-state index contributed by atoms with van der Waals surface area (Å²) in [5, 5.41) is 5.43. The molecule has 1 aliphatic rings. The summed E-state index contributed by atoms with van der Waals surface area (Å²) >= 11 is 0. The van der Waals surface area contributed by atoms with E-state index in [0.29, 0.717) is 6.54 Å². The molecule has 1 unspecified atom stereocenters. The molecule has 9 nitrogen and oxygen atoms in total. The fraction of sp³-hybridized carbons (Fsp3) is 0.500. The molecule has 1 saturated heterocycles. The summed E-state index contributed by atoms with van der Waals surface area (Å²) in [6.07, 6.45) is -2.56. The number of amides is 2. The molecular formula is C24H34N3O6P. The molecule has 0 aliphatic carbocycles. The Morgan fingerprint density at radius 2 is 1.56 bits per heavy atom. The number of hydrogen-bond donors (Lipinski definition) is 1. The van der Waals surface area contributed by atoms with Crippen LogP contribution in [-0.4, -0.2) is 87.3 Å². The van der Waals surface area contributed by atoms with Gasteiger partial charge in [-0.15, -0.1) is 0 Å². The van der Waals surface area contributed by atoms with Crippen molar-refractivity contribution in [3.8, 4) is 5.75 Å². The largest absolute Gasteiger partial charge is 0.490 e. The van der Waals surface area contributed by atoms with Crippen molar-refractivity contribution >= 4 is 31.2 Å². The van der Waals surface area contributed by atoms with E-state index in [-0.39, 0.29) is 24.5 Å². The zero-order valence-corrected chi connectivity index (χ0v) is 21.5. The molecule has 0 spiro atoms. The third kappa shape index (κ3) is 6.64. The van der Waals surface area contributed by atoms with E-state index in [1.54, 1.807) is 28.2 Å². The number of ether oxygens (including phenoxy) is 1. The van der Waals surface area contributed by atoms with Gasteiger partial charge in [-0.3, -0.25) is 18.6 Å². The molecule has 2 aromatic carbocycles. The van der Waals surface area contributed by atoms with E-state index >= 15 is 0 Å². The van der Waals surface area contributed by atoms with Gasteiger partial charge in [-0.1, -0.05) is 50.2 Å². The van der Waals surface area contributed by atoms with Crippen LogP contribution in [0.5, 0.6) is 5.75 Å². The zero-order valence-electron chi connectivity index (χ0n) is 20.6. The summed E-state index contributed by atoms with van der Waals surface area (Å²) in [6.45, 7) is 4.78. The molecule has 3 atom stereocenters. The quantitative estimate of drug-likeness (QED) is 0.511. The smallest absolute Gasteiger partial charge is 0.334 e. The van der Waals surface area contributed by atoms with Crippen molar-refractivity contribution in [3.63, 3.8) is 0 Å². The van der Waals surface area contributed by atoms with Crippen LogP contribution in [0.1, 0.15) is 13.8 Å². The third-order valence-electron chi connectivity index (χ3n) is 5.21. The number of rotatable bonds is 10. The van der Waals surface area contributed by atoms with Gasteiger partial charge in [-0.05, 0) is 11.5 Å². The summed E-state index contributed by atoms with van der Waals surface area (Å²) in [7, 11) is 4.50. The Labute approximate surface area is 202 Å². The Bertz CT molecular complexity index is 953. The minimum absolute atomic E-state index is 0.230. The van der Waals surface area contributed by atoms with Crippen LogP contribution in [0.2, 0.25) is 0 Å². The van der Waals surface area contributed by atoms with E-state index < -0.39 is 26.9 Å². The zero-order chi connectivity index (χ0) is 24.8. The molecule has 2 aromatic rings. The highest BCUT2D eigenvalue weighted by Crippen LogP contribution is 2.51. The predicted octanol–water partition coefficient (Wildman–Crippen LogP) is 2.79. The van der Waals surface area contributed by atoms with E-state index in [1.165, 1.54) is 9.80 Å². The number of fused-ring (bicyclic) bond motifs is 1. The molecule has 34 heavy (non-hydrogen) atoms. The van der Waals surface area contributed by atoms with Crippen LogP contribution in [0.3, 0.4) is 0 Å². The molecule has 1 heterocycles. The summed E-state index contributed by atoms with van der Waals surface area (Å²) in [4.78, 5) is 28.0. The van der Waals surface area contributed by atoms with Crippen molar-refractivity contribution in [2.45, 2.75) is 38.2 Å². The maximum absolute atomic E-state index is 12.6. The van der Waals surface area contributed by atoms with Crippen LogP contribution in [0.25, 0.3) is 10.8 Å². The number of carbonyl (C=O) groups excluding carboxylic acids is 2. The molecule has 1 aliphatic heterocycles. The topological polar surface area (TPSA) is 89.6 Å². The van der Waals surface area contributed by atoms with Crippen molar-refractivity contribution in [1.82, 2.24) is 15.1 Å². The Kier molecular flexibility index (Phi) is 9.22. The Balaban J connectivity index is 1.73. The second-order valence-electron chi connectivity index (χ2n) is 8.82. The van der Waals surface area contributed by atoms with Gasteiger partial charge in [0.2, 0.25) is 0 Å². The van der Waals surface area contributed by atoms with E-state index in [9.17, 15) is 9.59 Å². The van der Waals surface area contributed by atoms with Crippen molar-refractivity contribution in [2.75, 3.05) is 41.3 Å². The van der Waals surface area contributed by atoms with Crippen LogP contribution < -0.4 is 10.1 Å². The second-order valence-corrected chi connectivity index (χ2v) is 9.90. The van der Waals surface area contributed by atoms with Gasteiger partial charge in [0.1, 0.15) is 18.5 Å². The molecule has 0 bridgehead atoms. The highest BCUT2D eigenvalue weighted by molar-refractivity contribution is 7.42. The summed E-state index contributed by atoms with van der Waals surface area (Å²) in [5.74, 6) is 0.0499. The molecule has 2 amide bonds. The Morgan fingerprint density at radius 3 is 2.15 bits per heavy atom. The number of benzene rings is 2. The second kappa shape index (κ2) is 11.9. The summed E-state index contributed by atoms with van der Waals surface area (Å²) in [5.41, 5.74) is 0. The van der Waals surface area contributed by atoms with Crippen molar-refractivity contribution < 1.29 is 27.9 Å². The molecular weight excluding hydrogens is 457 g/mol. The lowest BCUT2D eigenvalue weighted by molar-refractivity contribution is -0.146. The van der Waals surface area contributed by atoms with E-state index in [0.717, 1.165) is 16.5 Å². The van der Waals surface area contributed by atoms with E-state index in [1.807, 2.05) is 56.3 Å². The molecule has 1 N–H and O–H groups in total. The third-order valence-corrected chi connectivity index (χ3v) is 6.47. The minimum atomic E-state index is -1.94. The standard InChI is InChI=1S/C24H34N3O6P/c1-16(2)25-14-18(15-30-20-13-9-11-17-10-7-8-12-19(17)20)31-34-32-21(23(28)26(3)4)22(33-34)24(29)27(5)6/h7-13,16,18,21-22,25H,14-15H2,1-6H3/t18?,21-,22-/m1/s1. The first kappa shape index (κ1) is 26.3. The lowest BCUT2D eigenvalue weighted by Gasteiger charge is -2.22. The fourth-order valence-corrected chi connectivity index (χ4v) is 4.65. The molecule has 3 rings (SSSR count). The highest BCUT2D eigenvalue weighted by Gasteiger charge is 2.48. The van der Waals surface area contributed by atoms with Crippen molar-refractivity contribution in [3.05, 3.63) is 42.5 Å². The Morgan fingerprint density at radius 1 is 0.971 bits per heavy atom. The summed E-state index contributed by atoms with van der Waals surface area (Å²) < 4.78 is 23.9. The van der Waals surface area contributed by atoms with Gasteiger partial charge in [0.15, 0.2) is 12.2 Å². The van der Waals surface area contributed by atoms with Gasteiger partial charge in [-0.25, -0.2) is 0 Å². The van der Waals surface area contributed by atoms with Gasteiger partial charge in [0.25, 0.3) is 11.8 Å². The predicted molar refractivity (Wildman–Crippen MR) is 132 cm³/mol. The number of carbonyl (C=O) groups is 2. The molecule has 0 saturated carbocycles. The average Bonchev–Trinajstić information content (AvgIpc) is 3.22.